The molecular formula is C28H30N2O5S. The summed E-state index contributed by atoms with van der Waals surface area (Å²) in [6.45, 7) is 5.77. The van der Waals surface area contributed by atoms with Crippen LogP contribution in [0.2, 0.25) is 0 Å². The number of nitrogens with one attached hydrogen (secondary N) is 2. The maximum Gasteiger partial charge on any atom is 0.341 e. The minimum absolute atomic E-state index is 0.223. The van der Waals surface area contributed by atoms with Gasteiger partial charge < -0.3 is 20.1 Å². The Morgan fingerprint density at radius 1 is 0.972 bits per heavy atom. The maximum atomic E-state index is 12.6. The van der Waals surface area contributed by atoms with Gasteiger partial charge in [0.2, 0.25) is 0 Å². The molecule has 8 heteroatoms. The van der Waals surface area contributed by atoms with E-state index in [-0.39, 0.29) is 25.0 Å². The van der Waals surface area contributed by atoms with E-state index in [0.717, 1.165) is 52.9 Å². The number of fused-ring (bicyclic) bond motifs is 1. The van der Waals surface area contributed by atoms with Gasteiger partial charge in [0.25, 0.3) is 11.8 Å². The molecule has 0 atom stereocenters. The first kappa shape index (κ1) is 25.4. The summed E-state index contributed by atoms with van der Waals surface area (Å²) in [4.78, 5) is 38.9. The Balaban J connectivity index is 1.36. The smallest absolute Gasteiger partial charge is 0.341 e. The molecule has 0 unspecified atom stereocenters. The van der Waals surface area contributed by atoms with Crippen molar-refractivity contribution in [3.05, 3.63) is 75.2 Å². The summed E-state index contributed by atoms with van der Waals surface area (Å²) < 4.78 is 10.9. The van der Waals surface area contributed by atoms with E-state index in [2.05, 4.69) is 10.6 Å². The second-order valence-corrected chi connectivity index (χ2v) is 9.87. The lowest BCUT2D eigenvalue weighted by atomic mass is 9.95. The topological polar surface area (TPSA) is 93.7 Å². The largest absolute Gasteiger partial charge is 0.484 e. The molecule has 0 fully saturated rings. The fourth-order valence-electron chi connectivity index (χ4n) is 4.24. The minimum Gasteiger partial charge on any atom is -0.484 e. The Hall–Kier alpha value is -3.65. The van der Waals surface area contributed by atoms with Crippen LogP contribution in [0.1, 0.15) is 62.0 Å². The van der Waals surface area contributed by atoms with Gasteiger partial charge in [0.15, 0.2) is 6.61 Å². The van der Waals surface area contributed by atoms with Crippen LogP contribution in [0, 0.1) is 13.8 Å². The summed E-state index contributed by atoms with van der Waals surface area (Å²) in [5.74, 6) is -0.526. The Morgan fingerprint density at radius 3 is 2.44 bits per heavy atom. The lowest BCUT2D eigenvalue weighted by molar-refractivity contribution is -0.118. The normalized spacial score (nSPS) is 12.4. The highest BCUT2D eigenvalue weighted by Gasteiger charge is 2.27. The zero-order valence-corrected chi connectivity index (χ0v) is 21.6. The molecule has 7 nitrogen and oxygen atoms in total. The Labute approximate surface area is 214 Å². The van der Waals surface area contributed by atoms with Gasteiger partial charge in [0.05, 0.1) is 12.2 Å². The summed E-state index contributed by atoms with van der Waals surface area (Å²) in [6.07, 6.45) is 3.81. The van der Waals surface area contributed by atoms with Gasteiger partial charge >= 0.3 is 5.97 Å². The molecule has 2 amide bonds. The predicted octanol–water partition coefficient (Wildman–Crippen LogP) is 5.69. The van der Waals surface area contributed by atoms with E-state index in [1.54, 1.807) is 31.2 Å². The standard InChI is InChI=1S/C28H30N2O5S/c1-4-34-28(33)25-21-7-5-6-8-23(21)36-27(25)30-24(31)16-35-20-12-10-19(11-13-20)26(32)29-22-14-9-17(2)15-18(22)3/h9-15H,4-8,16H2,1-3H3,(H,29,32)(H,30,31). The molecule has 3 aromatic rings. The number of anilines is 2. The van der Waals surface area contributed by atoms with E-state index >= 15 is 0 Å². The van der Waals surface area contributed by atoms with Crippen molar-refractivity contribution in [2.75, 3.05) is 23.8 Å². The van der Waals surface area contributed by atoms with Crippen LogP contribution in [0.15, 0.2) is 42.5 Å². The molecule has 4 rings (SSSR count). The van der Waals surface area contributed by atoms with Crippen LogP contribution in [0.25, 0.3) is 0 Å². The highest BCUT2D eigenvalue weighted by Crippen LogP contribution is 2.38. The number of carbonyl (C=O) groups excluding carboxylic acids is 3. The van der Waals surface area contributed by atoms with Crippen LogP contribution < -0.4 is 15.4 Å². The van der Waals surface area contributed by atoms with Gasteiger partial charge in [-0.3, -0.25) is 9.59 Å². The summed E-state index contributed by atoms with van der Waals surface area (Å²) >= 11 is 1.44. The summed E-state index contributed by atoms with van der Waals surface area (Å²) in [5.41, 5.74) is 4.84. The van der Waals surface area contributed by atoms with Gasteiger partial charge in [0.1, 0.15) is 10.8 Å². The number of benzene rings is 2. The van der Waals surface area contributed by atoms with Crippen molar-refractivity contribution >= 4 is 39.8 Å². The molecule has 1 heterocycles. The average molecular weight is 507 g/mol. The number of rotatable bonds is 8. The van der Waals surface area contributed by atoms with Gasteiger partial charge in [-0.1, -0.05) is 17.7 Å². The van der Waals surface area contributed by atoms with Gasteiger partial charge in [-0.2, -0.15) is 0 Å². The maximum absolute atomic E-state index is 12.6. The number of amides is 2. The first-order valence-corrected chi connectivity index (χ1v) is 12.9. The van der Waals surface area contributed by atoms with Gasteiger partial charge in [-0.15, -0.1) is 11.3 Å². The van der Waals surface area contributed by atoms with E-state index < -0.39 is 5.97 Å². The van der Waals surface area contributed by atoms with Crippen molar-refractivity contribution < 1.29 is 23.9 Å². The molecule has 0 saturated carbocycles. The van der Waals surface area contributed by atoms with Crippen LogP contribution in [0.5, 0.6) is 5.75 Å². The van der Waals surface area contributed by atoms with Crippen molar-refractivity contribution in [3.63, 3.8) is 0 Å². The molecule has 1 aromatic heterocycles. The first-order valence-electron chi connectivity index (χ1n) is 12.1. The van der Waals surface area contributed by atoms with Crippen LogP contribution in [0.3, 0.4) is 0 Å². The Kier molecular flexibility index (Phi) is 8.05. The molecular weight excluding hydrogens is 476 g/mol. The number of thiophene rings is 1. The fraction of sp³-hybridized carbons (Fsp3) is 0.321. The van der Waals surface area contributed by atoms with Crippen molar-refractivity contribution in [2.24, 2.45) is 0 Å². The van der Waals surface area contributed by atoms with E-state index in [9.17, 15) is 14.4 Å². The predicted molar refractivity (Wildman–Crippen MR) is 141 cm³/mol. The van der Waals surface area contributed by atoms with Crippen LogP contribution in [-0.2, 0) is 22.4 Å². The van der Waals surface area contributed by atoms with Crippen molar-refractivity contribution in [2.45, 2.75) is 46.5 Å². The van der Waals surface area contributed by atoms with Crippen LogP contribution >= 0.6 is 11.3 Å². The van der Waals surface area contributed by atoms with Crippen LogP contribution in [-0.4, -0.2) is 31.0 Å². The Bertz CT molecular complexity index is 1280. The molecule has 0 spiro atoms. The summed E-state index contributed by atoms with van der Waals surface area (Å²) in [6, 6.07) is 12.5. The van der Waals surface area contributed by atoms with Gasteiger partial charge in [0, 0.05) is 16.1 Å². The van der Waals surface area contributed by atoms with E-state index in [1.807, 2.05) is 32.0 Å². The molecule has 0 bridgehead atoms. The number of carbonyl (C=O) groups is 3. The number of esters is 1. The third-order valence-electron chi connectivity index (χ3n) is 6.02. The number of aryl methyl sites for hydroxylation is 3. The zero-order chi connectivity index (χ0) is 25.7. The average Bonchev–Trinajstić information content (AvgIpc) is 3.22. The molecule has 0 saturated heterocycles. The highest BCUT2D eigenvalue weighted by molar-refractivity contribution is 7.17. The van der Waals surface area contributed by atoms with Crippen molar-refractivity contribution in [1.29, 1.82) is 0 Å². The van der Waals surface area contributed by atoms with E-state index in [0.29, 0.717) is 21.9 Å². The number of ether oxygens (including phenoxy) is 2. The molecule has 0 radical (unpaired) electrons. The summed E-state index contributed by atoms with van der Waals surface area (Å²) in [5, 5.41) is 6.27. The zero-order valence-electron chi connectivity index (χ0n) is 20.7. The summed E-state index contributed by atoms with van der Waals surface area (Å²) in [7, 11) is 0. The van der Waals surface area contributed by atoms with Crippen molar-refractivity contribution in [1.82, 2.24) is 0 Å². The van der Waals surface area contributed by atoms with E-state index in [1.165, 1.54) is 11.3 Å². The van der Waals surface area contributed by atoms with Crippen LogP contribution in [0.4, 0.5) is 10.7 Å². The second kappa shape index (κ2) is 11.4. The van der Waals surface area contributed by atoms with Gasteiger partial charge in [-0.05, 0) is 87.9 Å². The molecule has 2 aromatic carbocycles. The van der Waals surface area contributed by atoms with E-state index in [4.69, 9.17) is 9.47 Å². The third-order valence-corrected chi connectivity index (χ3v) is 7.23. The molecule has 36 heavy (non-hydrogen) atoms. The van der Waals surface area contributed by atoms with Gasteiger partial charge in [-0.25, -0.2) is 4.79 Å². The molecule has 2 N–H and O–H groups in total. The van der Waals surface area contributed by atoms with Crippen molar-refractivity contribution in [3.8, 4) is 5.75 Å². The second-order valence-electron chi connectivity index (χ2n) is 8.77. The number of hydrogen-bond acceptors (Lipinski definition) is 6. The molecule has 1 aliphatic rings. The first-order chi connectivity index (χ1) is 17.4. The highest BCUT2D eigenvalue weighted by atomic mass is 32.1. The monoisotopic (exact) mass is 506 g/mol. The molecule has 188 valence electrons. The molecule has 0 aliphatic heterocycles. The quantitative estimate of drug-likeness (QED) is 0.383. The number of hydrogen-bond donors (Lipinski definition) is 2. The Morgan fingerprint density at radius 2 is 1.72 bits per heavy atom. The lowest BCUT2D eigenvalue weighted by Crippen LogP contribution is -2.21. The fourth-order valence-corrected chi connectivity index (χ4v) is 5.53. The SMILES string of the molecule is CCOC(=O)c1c(NC(=O)COc2ccc(C(=O)Nc3ccc(C)cc3C)cc2)sc2c1CCCC2. The molecule has 1 aliphatic carbocycles. The third kappa shape index (κ3) is 5.94. The minimum atomic E-state index is -0.400. The lowest BCUT2D eigenvalue weighted by Gasteiger charge is -2.12.